The molecule has 0 saturated heterocycles. The number of hydrogen-bond donors (Lipinski definition) is 2. The summed E-state index contributed by atoms with van der Waals surface area (Å²) < 4.78 is 5.03. The second-order valence-electron chi connectivity index (χ2n) is 2.93. The first-order valence-corrected chi connectivity index (χ1v) is 4.83. The highest BCUT2D eigenvalue weighted by Gasteiger charge is 2.04. The maximum Gasteiger partial charge on any atom is 0.238 e. The van der Waals surface area contributed by atoms with Crippen molar-refractivity contribution in [3.8, 4) is 5.75 Å². The highest BCUT2D eigenvalue weighted by molar-refractivity contribution is 6.32. The second kappa shape index (κ2) is 5.58. The Kier molecular flexibility index (Phi) is 4.39. The van der Waals surface area contributed by atoms with Gasteiger partial charge in [-0.3, -0.25) is 4.79 Å². The number of methoxy groups -OCH3 is 1. The van der Waals surface area contributed by atoms with Gasteiger partial charge in [-0.2, -0.15) is 0 Å². The van der Waals surface area contributed by atoms with Gasteiger partial charge in [-0.15, -0.1) is 0 Å². The Morgan fingerprint density at radius 3 is 2.87 bits per heavy atom. The van der Waals surface area contributed by atoms with Crippen LogP contribution in [0.25, 0.3) is 0 Å². The van der Waals surface area contributed by atoms with Crippen LogP contribution in [0.15, 0.2) is 18.2 Å². The molecule has 1 amide bonds. The van der Waals surface area contributed by atoms with Gasteiger partial charge >= 0.3 is 0 Å². The molecule has 0 aliphatic carbocycles. The molecule has 0 aliphatic rings. The van der Waals surface area contributed by atoms with E-state index in [1.807, 2.05) is 0 Å². The number of rotatable bonds is 4. The zero-order valence-corrected chi connectivity index (χ0v) is 9.39. The Morgan fingerprint density at radius 2 is 2.27 bits per heavy atom. The average Bonchev–Trinajstić information content (AvgIpc) is 2.21. The molecule has 0 heterocycles. The molecule has 2 N–H and O–H groups in total. The predicted molar refractivity (Wildman–Crippen MR) is 60.6 cm³/mol. The fraction of sp³-hybridized carbons (Fsp3) is 0.300. The Morgan fingerprint density at radius 1 is 1.53 bits per heavy atom. The maximum absolute atomic E-state index is 11.2. The van der Waals surface area contributed by atoms with Gasteiger partial charge in [0.15, 0.2) is 0 Å². The molecular formula is C10H13ClN2O2. The molecule has 0 atom stereocenters. The normalized spacial score (nSPS) is 9.80. The Bertz CT molecular complexity index is 355. The Labute approximate surface area is 93.6 Å². The molecule has 0 saturated carbocycles. The van der Waals surface area contributed by atoms with E-state index in [0.29, 0.717) is 16.5 Å². The van der Waals surface area contributed by atoms with E-state index >= 15 is 0 Å². The first-order chi connectivity index (χ1) is 7.17. The van der Waals surface area contributed by atoms with E-state index < -0.39 is 0 Å². The number of benzene rings is 1. The fourth-order valence-corrected chi connectivity index (χ4v) is 1.30. The predicted octanol–water partition coefficient (Wildman–Crippen LogP) is 1.51. The number of carbonyl (C=O) groups excluding carboxylic acids is 1. The summed E-state index contributed by atoms with van der Waals surface area (Å²) in [5, 5.41) is 5.98. The summed E-state index contributed by atoms with van der Waals surface area (Å²) in [6.45, 7) is 0.269. The number of carbonyl (C=O) groups is 1. The van der Waals surface area contributed by atoms with Gasteiger partial charge in [-0.25, -0.2) is 0 Å². The van der Waals surface area contributed by atoms with Gasteiger partial charge in [0.25, 0.3) is 0 Å². The highest BCUT2D eigenvalue weighted by atomic mass is 35.5. The van der Waals surface area contributed by atoms with Crippen LogP contribution in [0, 0.1) is 0 Å². The van der Waals surface area contributed by atoms with E-state index in [1.54, 1.807) is 25.2 Å². The number of amides is 1. The van der Waals surface area contributed by atoms with Gasteiger partial charge in [0.2, 0.25) is 5.91 Å². The molecule has 0 bridgehead atoms. The van der Waals surface area contributed by atoms with Crippen LogP contribution in [0.2, 0.25) is 5.02 Å². The molecule has 0 radical (unpaired) electrons. The summed E-state index contributed by atoms with van der Waals surface area (Å²) in [5.41, 5.74) is 0.663. The third-order valence-electron chi connectivity index (χ3n) is 1.77. The van der Waals surface area contributed by atoms with Crippen LogP contribution in [0.3, 0.4) is 0 Å². The summed E-state index contributed by atoms with van der Waals surface area (Å²) in [6.07, 6.45) is 0. The Balaban J connectivity index is 2.74. The summed E-state index contributed by atoms with van der Waals surface area (Å²) in [6, 6.07) is 5.07. The highest BCUT2D eigenvalue weighted by Crippen LogP contribution is 2.27. The Hall–Kier alpha value is -1.26. The lowest BCUT2D eigenvalue weighted by Gasteiger charge is -2.07. The molecule has 0 aromatic heterocycles. The minimum absolute atomic E-state index is 0.109. The monoisotopic (exact) mass is 228 g/mol. The van der Waals surface area contributed by atoms with E-state index in [0.717, 1.165) is 0 Å². The van der Waals surface area contributed by atoms with Gasteiger partial charge < -0.3 is 15.4 Å². The third kappa shape index (κ3) is 3.42. The van der Waals surface area contributed by atoms with Crippen LogP contribution >= 0.6 is 11.6 Å². The second-order valence-corrected chi connectivity index (χ2v) is 3.34. The van der Waals surface area contributed by atoms with Crippen LogP contribution in [-0.2, 0) is 4.79 Å². The van der Waals surface area contributed by atoms with Gasteiger partial charge in [0.1, 0.15) is 5.75 Å². The molecule has 0 spiro atoms. The first kappa shape index (κ1) is 11.8. The number of halogens is 1. The standard InChI is InChI=1S/C10H13ClN2O2/c1-12-6-10(14)13-7-3-4-8(11)9(5-7)15-2/h3-5,12H,6H2,1-2H3,(H,13,14). The van der Waals surface area contributed by atoms with Crippen molar-refractivity contribution in [2.45, 2.75) is 0 Å². The van der Waals surface area contributed by atoms with Crippen molar-refractivity contribution in [3.05, 3.63) is 23.2 Å². The molecule has 82 valence electrons. The maximum atomic E-state index is 11.2. The van der Waals surface area contributed by atoms with Gasteiger partial charge in [0, 0.05) is 11.8 Å². The summed E-state index contributed by atoms with van der Waals surface area (Å²) in [4.78, 5) is 11.2. The zero-order chi connectivity index (χ0) is 11.3. The lowest BCUT2D eigenvalue weighted by Crippen LogP contribution is -2.24. The van der Waals surface area contributed by atoms with Crippen molar-refractivity contribution >= 4 is 23.2 Å². The van der Waals surface area contributed by atoms with E-state index in [4.69, 9.17) is 16.3 Å². The first-order valence-electron chi connectivity index (χ1n) is 4.45. The summed E-state index contributed by atoms with van der Waals surface area (Å²) >= 11 is 5.84. The third-order valence-corrected chi connectivity index (χ3v) is 2.08. The van der Waals surface area contributed by atoms with E-state index in [9.17, 15) is 4.79 Å². The number of likely N-dealkylation sites (N-methyl/N-ethyl adjacent to an activating group) is 1. The van der Waals surface area contributed by atoms with Crippen molar-refractivity contribution in [1.29, 1.82) is 0 Å². The number of nitrogens with one attached hydrogen (secondary N) is 2. The van der Waals surface area contributed by atoms with Crippen molar-refractivity contribution in [3.63, 3.8) is 0 Å². The van der Waals surface area contributed by atoms with Gasteiger partial charge in [-0.1, -0.05) is 11.6 Å². The quantitative estimate of drug-likeness (QED) is 0.821. The van der Waals surface area contributed by atoms with Gasteiger partial charge in [0.05, 0.1) is 18.7 Å². The summed E-state index contributed by atoms with van der Waals surface area (Å²) in [5.74, 6) is 0.431. The number of ether oxygens (including phenoxy) is 1. The lowest BCUT2D eigenvalue weighted by molar-refractivity contribution is -0.115. The molecule has 1 rings (SSSR count). The minimum atomic E-state index is -0.109. The van der Waals surface area contributed by atoms with Crippen LogP contribution in [0.1, 0.15) is 0 Å². The smallest absolute Gasteiger partial charge is 0.238 e. The van der Waals surface area contributed by atoms with Crippen LogP contribution < -0.4 is 15.4 Å². The molecule has 1 aromatic rings. The SMILES string of the molecule is CNCC(=O)Nc1ccc(Cl)c(OC)c1. The van der Waals surface area contributed by atoms with E-state index in [-0.39, 0.29) is 12.5 Å². The van der Waals surface area contributed by atoms with Crippen molar-refractivity contribution < 1.29 is 9.53 Å². The lowest BCUT2D eigenvalue weighted by atomic mass is 10.3. The van der Waals surface area contributed by atoms with Crippen molar-refractivity contribution in [1.82, 2.24) is 5.32 Å². The summed E-state index contributed by atoms with van der Waals surface area (Å²) in [7, 11) is 3.24. The molecule has 4 nitrogen and oxygen atoms in total. The largest absolute Gasteiger partial charge is 0.495 e. The van der Waals surface area contributed by atoms with Crippen LogP contribution in [-0.4, -0.2) is 26.6 Å². The van der Waals surface area contributed by atoms with Crippen molar-refractivity contribution in [2.75, 3.05) is 26.0 Å². The molecular weight excluding hydrogens is 216 g/mol. The molecule has 0 aliphatic heterocycles. The number of anilines is 1. The molecule has 0 fully saturated rings. The van der Waals surface area contributed by atoms with Gasteiger partial charge in [-0.05, 0) is 19.2 Å². The van der Waals surface area contributed by atoms with E-state index in [2.05, 4.69) is 10.6 Å². The molecule has 5 heteroatoms. The fourth-order valence-electron chi connectivity index (χ4n) is 1.10. The molecule has 0 unspecified atom stereocenters. The number of hydrogen-bond acceptors (Lipinski definition) is 3. The van der Waals surface area contributed by atoms with E-state index in [1.165, 1.54) is 7.11 Å². The molecule has 15 heavy (non-hydrogen) atoms. The topological polar surface area (TPSA) is 50.4 Å². The minimum Gasteiger partial charge on any atom is -0.495 e. The van der Waals surface area contributed by atoms with Crippen LogP contribution in [0.5, 0.6) is 5.75 Å². The zero-order valence-electron chi connectivity index (χ0n) is 8.63. The average molecular weight is 229 g/mol. The molecule has 1 aromatic carbocycles. The van der Waals surface area contributed by atoms with Crippen LogP contribution in [0.4, 0.5) is 5.69 Å². The van der Waals surface area contributed by atoms with Crippen molar-refractivity contribution in [2.24, 2.45) is 0 Å².